The number of para-hydroxylation sites is 1. The Bertz CT molecular complexity index is 1150. The van der Waals surface area contributed by atoms with E-state index >= 15 is 0 Å². The summed E-state index contributed by atoms with van der Waals surface area (Å²) in [6.45, 7) is 2.66. The summed E-state index contributed by atoms with van der Waals surface area (Å²) in [5.74, 6) is 0.390. The number of urea groups is 1. The maximum Gasteiger partial charge on any atom is 0.323 e. The molecule has 1 atom stereocenters. The van der Waals surface area contributed by atoms with Gasteiger partial charge in [-0.15, -0.1) is 0 Å². The van der Waals surface area contributed by atoms with Crippen LogP contribution in [0.5, 0.6) is 0 Å². The van der Waals surface area contributed by atoms with Crippen LogP contribution in [0.1, 0.15) is 24.9 Å². The number of amides is 3. The summed E-state index contributed by atoms with van der Waals surface area (Å²) >= 11 is 1.69. The van der Waals surface area contributed by atoms with Crippen molar-refractivity contribution in [2.45, 2.75) is 19.4 Å². The molecule has 1 unspecified atom stereocenters. The van der Waals surface area contributed by atoms with Gasteiger partial charge in [0.05, 0.1) is 23.0 Å². The zero-order valence-corrected chi connectivity index (χ0v) is 19.6. The predicted molar refractivity (Wildman–Crippen MR) is 131 cm³/mol. The summed E-state index contributed by atoms with van der Waals surface area (Å²) in [6, 6.07) is 12.5. The van der Waals surface area contributed by atoms with Gasteiger partial charge in [0.2, 0.25) is 0 Å². The highest BCUT2D eigenvalue weighted by molar-refractivity contribution is 8.13. The van der Waals surface area contributed by atoms with Crippen molar-refractivity contribution in [3.05, 3.63) is 71.2 Å². The van der Waals surface area contributed by atoms with Gasteiger partial charge in [0, 0.05) is 32.1 Å². The van der Waals surface area contributed by atoms with E-state index in [4.69, 9.17) is 4.99 Å². The largest absolute Gasteiger partial charge is 0.345 e. The zero-order chi connectivity index (χ0) is 23.5. The Morgan fingerprint density at radius 1 is 1.15 bits per heavy atom. The SMILES string of the molecule is CC1=C(C(=O)N(C)C)C(c2cccc(NC(=O)Nc3ccccc3F)c2)N2CCCSC2=N1. The fourth-order valence-electron chi connectivity index (χ4n) is 3.96. The number of hydrogen-bond donors (Lipinski definition) is 2. The Morgan fingerprint density at radius 3 is 2.70 bits per heavy atom. The Hall–Kier alpha value is -3.33. The molecule has 2 aromatic carbocycles. The predicted octanol–water partition coefficient (Wildman–Crippen LogP) is 4.68. The van der Waals surface area contributed by atoms with Gasteiger partial charge in [-0.05, 0) is 43.2 Å². The number of allylic oxidation sites excluding steroid dienone is 1. The number of rotatable bonds is 4. The second kappa shape index (κ2) is 9.66. The average molecular weight is 468 g/mol. The molecule has 2 N–H and O–H groups in total. The van der Waals surface area contributed by atoms with Gasteiger partial charge in [-0.1, -0.05) is 36.0 Å². The van der Waals surface area contributed by atoms with Crippen LogP contribution in [0.2, 0.25) is 0 Å². The number of likely N-dealkylation sites (N-methyl/N-ethyl adjacent to an activating group) is 1. The molecule has 0 bridgehead atoms. The lowest BCUT2D eigenvalue weighted by Crippen LogP contribution is -2.43. The first-order chi connectivity index (χ1) is 15.8. The second-order valence-corrected chi connectivity index (χ2v) is 9.14. The summed E-state index contributed by atoms with van der Waals surface area (Å²) < 4.78 is 13.9. The van der Waals surface area contributed by atoms with Crippen LogP contribution in [-0.4, -0.2) is 53.3 Å². The summed E-state index contributed by atoms with van der Waals surface area (Å²) in [7, 11) is 3.46. The molecular formula is C24H26FN5O2S. The molecule has 3 amide bonds. The third-order valence-corrected chi connectivity index (χ3v) is 6.55. The number of fused-ring (bicyclic) bond motifs is 1. The highest BCUT2D eigenvalue weighted by Gasteiger charge is 2.37. The van der Waals surface area contributed by atoms with Crippen LogP contribution in [0.4, 0.5) is 20.6 Å². The Kier molecular flexibility index (Phi) is 6.69. The first-order valence-electron chi connectivity index (χ1n) is 10.7. The fourth-order valence-corrected chi connectivity index (χ4v) is 4.98. The molecule has 1 fully saturated rings. The number of nitrogens with one attached hydrogen (secondary N) is 2. The van der Waals surface area contributed by atoms with Gasteiger partial charge in [0.15, 0.2) is 5.17 Å². The number of benzene rings is 2. The highest BCUT2D eigenvalue weighted by Crippen LogP contribution is 2.40. The molecular weight excluding hydrogens is 441 g/mol. The van der Waals surface area contributed by atoms with Crippen molar-refractivity contribution in [1.82, 2.24) is 9.80 Å². The van der Waals surface area contributed by atoms with Crippen LogP contribution in [0, 0.1) is 5.82 Å². The standard InChI is InChI=1S/C24H26FN5O2S/c1-15-20(22(31)29(2)3)21(30-12-7-13-33-24(30)26-15)16-8-6-9-17(14-16)27-23(32)28-19-11-5-4-10-18(19)25/h4-6,8-11,14,21H,7,12-13H2,1-3H3,(H2,27,28,32). The molecule has 4 rings (SSSR count). The first kappa shape index (κ1) is 22.8. The van der Waals surface area contributed by atoms with E-state index < -0.39 is 11.8 Å². The zero-order valence-electron chi connectivity index (χ0n) is 18.8. The Labute approximate surface area is 196 Å². The van der Waals surface area contributed by atoms with Crippen LogP contribution in [0.15, 0.2) is 64.8 Å². The maximum atomic E-state index is 13.9. The molecule has 2 heterocycles. The number of carbonyl (C=O) groups excluding carboxylic acids is 2. The summed E-state index contributed by atoms with van der Waals surface area (Å²) in [4.78, 5) is 34.0. The lowest BCUT2D eigenvalue weighted by molar-refractivity contribution is -0.125. The van der Waals surface area contributed by atoms with Gasteiger partial charge in [0.1, 0.15) is 5.82 Å². The van der Waals surface area contributed by atoms with E-state index in [2.05, 4.69) is 15.5 Å². The average Bonchev–Trinajstić information content (AvgIpc) is 2.79. The molecule has 0 aliphatic carbocycles. The molecule has 1 saturated heterocycles. The molecule has 9 heteroatoms. The Morgan fingerprint density at radius 2 is 1.94 bits per heavy atom. The molecule has 7 nitrogen and oxygen atoms in total. The van der Waals surface area contributed by atoms with Crippen LogP contribution in [0.3, 0.4) is 0 Å². The van der Waals surface area contributed by atoms with Gasteiger partial charge in [0.25, 0.3) is 5.91 Å². The van der Waals surface area contributed by atoms with E-state index in [0.717, 1.165) is 29.4 Å². The number of amidine groups is 1. The van der Waals surface area contributed by atoms with E-state index in [1.165, 1.54) is 12.1 Å². The number of anilines is 2. The number of nitrogens with zero attached hydrogens (tertiary/aromatic N) is 3. The molecule has 0 aromatic heterocycles. The molecule has 2 aliphatic rings. The second-order valence-electron chi connectivity index (χ2n) is 8.08. The first-order valence-corrected chi connectivity index (χ1v) is 11.7. The number of thioether (sulfide) groups is 1. The van der Waals surface area contributed by atoms with E-state index in [1.54, 1.807) is 49.0 Å². The van der Waals surface area contributed by atoms with Crippen molar-refractivity contribution in [1.29, 1.82) is 0 Å². The fraction of sp³-hybridized carbons (Fsp3) is 0.292. The molecule has 0 radical (unpaired) electrons. The minimum atomic E-state index is -0.548. The molecule has 33 heavy (non-hydrogen) atoms. The maximum absolute atomic E-state index is 13.9. The number of carbonyl (C=O) groups is 2. The van der Waals surface area contributed by atoms with Crippen molar-refractivity contribution in [3.63, 3.8) is 0 Å². The van der Waals surface area contributed by atoms with Gasteiger partial charge in [-0.2, -0.15) is 0 Å². The third kappa shape index (κ3) is 4.88. The van der Waals surface area contributed by atoms with E-state index in [9.17, 15) is 14.0 Å². The molecule has 2 aromatic rings. The number of aliphatic imine (C=N–C) groups is 1. The number of hydrogen-bond acceptors (Lipinski definition) is 5. The molecule has 2 aliphatic heterocycles. The van der Waals surface area contributed by atoms with E-state index in [0.29, 0.717) is 17.0 Å². The van der Waals surface area contributed by atoms with Gasteiger partial charge < -0.3 is 20.4 Å². The quantitative estimate of drug-likeness (QED) is 0.685. The van der Waals surface area contributed by atoms with Crippen molar-refractivity contribution in [2.75, 3.05) is 37.0 Å². The molecule has 0 spiro atoms. The van der Waals surface area contributed by atoms with Gasteiger partial charge >= 0.3 is 6.03 Å². The lowest BCUT2D eigenvalue weighted by atomic mass is 9.93. The van der Waals surface area contributed by atoms with Gasteiger partial charge in [-0.3, -0.25) is 4.79 Å². The molecule has 172 valence electrons. The smallest absolute Gasteiger partial charge is 0.323 e. The summed E-state index contributed by atoms with van der Waals surface area (Å²) in [5, 5.41) is 6.20. The van der Waals surface area contributed by atoms with Crippen molar-refractivity contribution >= 4 is 40.2 Å². The Balaban J connectivity index is 1.64. The van der Waals surface area contributed by atoms with Crippen molar-refractivity contribution in [2.24, 2.45) is 4.99 Å². The minimum Gasteiger partial charge on any atom is -0.345 e. The van der Waals surface area contributed by atoms with E-state index in [1.807, 2.05) is 25.1 Å². The third-order valence-electron chi connectivity index (χ3n) is 5.48. The topological polar surface area (TPSA) is 77.0 Å². The summed E-state index contributed by atoms with van der Waals surface area (Å²) in [5.41, 5.74) is 2.85. The normalized spacial score (nSPS) is 17.8. The lowest BCUT2D eigenvalue weighted by Gasteiger charge is -2.41. The monoisotopic (exact) mass is 467 g/mol. The minimum absolute atomic E-state index is 0.0912. The number of halogens is 1. The van der Waals surface area contributed by atoms with Crippen LogP contribution in [0.25, 0.3) is 0 Å². The van der Waals surface area contributed by atoms with Crippen molar-refractivity contribution in [3.8, 4) is 0 Å². The highest BCUT2D eigenvalue weighted by atomic mass is 32.2. The van der Waals surface area contributed by atoms with Crippen LogP contribution < -0.4 is 10.6 Å². The van der Waals surface area contributed by atoms with Gasteiger partial charge in [-0.25, -0.2) is 14.2 Å². The van der Waals surface area contributed by atoms with Crippen molar-refractivity contribution < 1.29 is 14.0 Å². The van der Waals surface area contributed by atoms with E-state index in [-0.39, 0.29) is 17.6 Å². The summed E-state index contributed by atoms with van der Waals surface area (Å²) in [6.07, 6.45) is 0.992. The van der Waals surface area contributed by atoms with Crippen LogP contribution >= 0.6 is 11.8 Å². The van der Waals surface area contributed by atoms with Crippen LogP contribution in [-0.2, 0) is 4.79 Å². The molecule has 0 saturated carbocycles.